The van der Waals surface area contributed by atoms with Gasteiger partial charge in [0.25, 0.3) is 0 Å². The van der Waals surface area contributed by atoms with E-state index >= 15 is 0 Å². The second-order valence-corrected chi connectivity index (χ2v) is 9.61. The molecule has 0 unspecified atom stereocenters. The van der Waals surface area contributed by atoms with Gasteiger partial charge in [0.1, 0.15) is 10.0 Å². The van der Waals surface area contributed by atoms with Gasteiger partial charge in [-0.15, -0.1) is 6.04 Å². The van der Waals surface area contributed by atoms with Crippen LogP contribution in [0.4, 0.5) is 0 Å². The predicted molar refractivity (Wildman–Crippen MR) is 122 cm³/mol. The summed E-state index contributed by atoms with van der Waals surface area (Å²) in [5.74, 6) is 3.41. The number of nitrogens with two attached hydrogens (primary N) is 1. The Hall–Kier alpha value is 0.00338. The van der Waals surface area contributed by atoms with Gasteiger partial charge in [-0.3, -0.25) is 0 Å². The van der Waals surface area contributed by atoms with Gasteiger partial charge in [-0.05, 0) is 75.0 Å². The van der Waals surface area contributed by atoms with Crippen molar-refractivity contribution >= 4 is 19.7 Å². The Labute approximate surface area is 198 Å². The van der Waals surface area contributed by atoms with Crippen LogP contribution in [0.2, 0.25) is 0 Å². The van der Waals surface area contributed by atoms with Crippen molar-refractivity contribution in [2.45, 2.75) is 70.4 Å². The van der Waals surface area contributed by atoms with Crippen molar-refractivity contribution < 1.29 is 25.7 Å². The molecule has 2 aliphatic carbocycles. The fourth-order valence-electron chi connectivity index (χ4n) is 3.17. The van der Waals surface area contributed by atoms with E-state index in [1.165, 1.54) is 11.8 Å². The Bertz CT molecular complexity index is 690. The minimum absolute atomic E-state index is 0.126. The average Bonchev–Trinajstić information content (AvgIpc) is 2.72. The summed E-state index contributed by atoms with van der Waals surface area (Å²) in [6.45, 7) is 8.46. The summed E-state index contributed by atoms with van der Waals surface area (Å²) >= 11 is 1.82. The van der Waals surface area contributed by atoms with E-state index in [1.54, 1.807) is 24.3 Å². The summed E-state index contributed by atoms with van der Waals surface area (Å²) in [7, 11) is 1.00. The van der Waals surface area contributed by atoms with Crippen LogP contribution in [-0.2, 0) is 27.3 Å². The van der Waals surface area contributed by atoms with Crippen molar-refractivity contribution in [3.8, 4) is 0 Å². The molecule has 0 heterocycles. The van der Waals surface area contributed by atoms with Crippen molar-refractivity contribution in [3.05, 3.63) is 72.1 Å². The molecule has 2 atom stereocenters. The van der Waals surface area contributed by atoms with E-state index < -0.39 is 10.0 Å². The molecule has 30 heavy (non-hydrogen) atoms. The van der Waals surface area contributed by atoms with Crippen LogP contribution in [0.5, 0.6) is 0 Å². The molecule has 0 bridgehead atoms. The van der Waals surface area contributed by atoms with Crippen LogP contribution in [-0.4, -0.2) is 20.5 Å². The molecule has 2 aliphatic rings. The molecular weight excluding hydrogens is 505 g/mol. The van der Waals surface area contributed by atoms with Crippen molar-refractivity contribution in [2.24, 2.45) is 11.7 Å². The third-order valence-corrected chi connectivity index (χ3v) is 6.53. The van der Waals surface area contributed by atoms with Gasteiger partial charge in [0, 0.05) is 4.90 Å². The minimum atomic E-state index is -3.56. The van der Waals surface area contributed by atoms with E-state index in [1.807, 2.05) is 24.2 Å². The molecule has 0 aromatic heterocycles. The van der Waals surface area contributed by atoms with Crippen molar-refractivity contribution in [2.75, 3.05) is 0 Å². The van der Waals surface area contributed by atoms with Crippen LogP contribution in [0.3, 0.4) is 0 Å². The summed E-state index contributed by atoms with van der Waals surface area (Å²) in [6.07, 6.45) is 12.4. The first kappa shape index (κ1) is 28.0. The maximum atomic E-state index is 12.1. The van der Waals surface area contributed by atoms with Crippen molar-refractivity contribution in [1.29, 1.82) is 0 Å². The summed E-state index contributed by atoms with van der Waals surface area (Å²) < 4.78 is 28.3. The van der Waals surface area contributed by atoms with Crippen LogP contribution in [0.15, 0.2) is 29.2 Å². The number of hydrogen-bond acceptors (Lipinski definition) is 3. The second-order valence-electron chi connectivity index (χ2n) is 7.97. The molecule has 4 nitrogen and oxygen atoms in total. The molecule has 1 aromatic rings. The Morgan fingerprint density at radius 1 is 1.00 bits per heavy atom. The van der Waals surface area contributed by atoms with E-state index in [4.69, 9.17) is 5.73 Å². The van der Waals surface area contributed by atoms with E-state index in [-0.39, 0.29) is 17.0 Å². The zero-order chi connectivity index (χ0) is 22.7. The molecule has 1 aromatic carbocycles. The van der Waals surface area contributed by atoms with E-state index in [9.17, 15) is 8.42 Å². The molecule has 0 aliphatic heterocycles. The molecule has 0 spiro atoms. The number of halogens is 1. The second kappa shape index (κ2) is 14.2. The number of rotatable bonds is 4. The third-order valence-electron chi connectivity index (χ3n) is 5.12. The quantitative estimate of drug-likeness (QED) is 0.504. The Kier molecular flexibility index (Phi) is 13.3. The first-order valence-electron chi connectivity index (χ1n) is 10.2. The van der Waals surface area contributed by atoms with Crippen LogP contribution in [0.1, 0.15) is 52.0 Å². The predicted octanol–water partition coefficient (Wildman–Crippen LogP) is 5.66. The molecule has 7 heteroatoms. The monoisotopic (exact) mass is 538 g/mol. The summed E-state index contributed by atoms with van der Waals surface area (Å²) in [6, 6.07) is 6.38. The normalized spacial score (nSPS) is 23.2. The van der Waals surface area contributed by atoms with Gasteiger partial charge >= 0.3 is 27.0 Å². The topological polar surface area (TPSA) is 74.3 Å². The summed E-state index contributed by atoms with van der Waals surface area (Å²) in [4.78, 5) is 0.255. The number of sulfonamides is 1. The molecule has 168 valence electrons. The van der Waals surface area contributed by atoms with Gasteiger partial charge in [-0.2, -0.15) is 0 Å². The van der Waals surface area contributed by atoms with E-state index in [0.717, 1.165) is 31.2 Å². The van der Waals surface area contributed by atoms with Crippen LogP contribution in [0, 0.1) is 50.4 Å². The fraction of sp³-hybridized carbons (Fsp3) is 0.478. The molecule has 0 amide bonds. The molecule has 2 N–H and O–H groups in total. The zero-order valence-electron chi connectivity index (χ0n) is 18.2. The first-order chi connectivity index (χ1) is 14.2. The van der Waals surface area contributed by atoms with E-state index in [2.05, 4.69) is 60.9 Å². The molecule has 0 saturated heterocycles. The Balaban J connectivity index is 0.000000318. The van der Waals surface area contributed by atoms with Crippen LogP contribution >= 0.6 is 9.69 Å². The summed E-state index contributed by atoms with van der Waals surface area (Å²) in [5, 5.41) is 0. The third kappa shape index (κ3) is 9.65. The fourth-order valence-corrected chi connectivity index (χ4v) is 4.39. The average molecular weight is 538 g/mol. The van der Waals surface area contributed by atoms with Gasteiger partial charge in [0.15, 0.2) is 0 Å². The summed E-state index contributed by atoms with van der Waals surface area (Å²) in [5.41, 5.74) is 6.96. The molecule has 2 fully saturated rings. The number of hydrogen-bond donors (Lipinski definition) is 1. The first-order valence-corrected chi connectivity index (χ1v) is 13.9. The molecular formula is C23H33ClN2O2RuS. The molecule has 6 radical (unpaired) electrons. The Morgan fingerprint density at radius 3 is 2.03 bits per heavy atom. The van der Waals surface area contributed by atoms with Crippen molar-refractivity contribution in [1.82, 2.24) is 0 Å². The standard InChI is InChI=1S/C13H19N2O2S.C10H14.ClH.Ru/c1-10-6-8-11(9-7-10)18(16,17)15-13-5-3-2-4-12(13)14;1-8(2)10-6-4-9(3)5-7-10;;/h6-9,12-13H,2-5,14H2,1H3;4-8H,1-3H3;1H;/q-1;;;+2/p-1/t12-,13-;;;/m0.../s1. The number of benzene rings is 1. The van der Waals surface area contributed by atoms with E-state index in [0.29, 0.717) is 5.92 Å². The van der Waals surface area contributed by atoms with Gasteiger partial charge < -0.3 is 10.5 Å². The molecule has 2 saturated carbocycles. The zero-order valence-corrected chi connectivity index (χ0v) is 21.5. The molecule has 3 rings (SSSR count). The van der Waals surface area contributed by atoms with Gasteiger partial charge in [0.05, 0.1) is 0 Å². The Morgan fingerprint density at radius 2 is 1.53 bits per heavy atom. The van der Waals surface area contributed by atoms with Gasteiger partial charge in [0.2, 0.25) is 0 Å². The maximum absolute atomic E-state index is 12.1. The SMILES string of the molecule is C[C]1[CH][CH][C](C(C)C)[CH][CH]1.Cc1ccc(S(=O)(=O)[N-][C@H]2CCCC[C@@H]2N)cc1.[Cl][Ru+]. The number of aryl methyl sites for hydroxylation is 1. The van der Waals surface area contributed by atoms with Crippen LogP contribution in [0.25, 0.3) is 4.72 Å². The van der Waals surface area contributed by atoms with Crippen LogP contribution < -0.4 is 5.73 Å². The van der Waals surface area contributed by atoms with Gasteiger partial charge in [-0.25, -0.2) is 8.42 Å². The van der Waals surface area contributed by atoms with Gasteiger partial charge in [-0.1, -0.05) is 57.7 Å². The van der Waals surface area contributed by atoms with Crippen molar-refractivity contribution in [3.63, 3.8) is 0 Å². The number of nitrogens with zero attached hydrogens (tertiary/aromatic N) is 1.